The minimum Gasteiger partial charge on any atom is -0.389 e. The molecular weight excluding hydrogens is 334 g/mol. The van der Waals surface area contributed by atoms with Crippen LogP contribution in [0.3, 0.4) is 0 Å². The van der Waals surface area contributed by atoms with Crippen LogP contribution in [0.15, 0.2) is 59.5 Å². The van der Waals surface area contributed by atoms with Crippen LogP contribution in [-0.4, -0.2) is 44.3 Å². The summed E-state index contributed by atoms with van der Waals surface area (Å²) in [6.07, 6.45) is 0.439. The van der Waals surface area contributed by atoms with E-state index >= 15 is 0 Å². The quantitative estimate of drug-likeness (QED) is 0.711. The maximum Gasteiger partial charge on any atom is 0.274 e. The molecular formula is C19H15N3O4. The summed E-state index contributed by atoms with van der Waals surface area (Å²) in [6.45, 7) is -0.315. The number of fused-ring (bicyclic) bond motifs is 2. The molecule has 1 atom stereocenters. The average Bonchev–Trinajstić information content (AvgIpc) is 2.89. The van der Waals surface area contributed by atoms with Crippen molar-refractivity contribution in [1.82, 2.24) is 14.7 Å². The Kier molecular flexibility index (Phi) is 3.85. The van der Waals surface area contributed by atoms with Crippen LogP contribution >= 0.6 is 0 Å². The van der Waals surface area contributed by atoms with Gasteiger partial charge in [-0.1, -0.05) is 30.3 Å². The zero-order chi connectivity index (χ0) is 18.3. The van der Waals surface area contributed by atoms with E-state index in [9.17, 15) is 19.5 Å². The second-order valence-electron chi connectivity index (χ2n) is 6.14. The monoisotopic (exact) mass is 349 g/mol. The number of nitrogens with zero attached hydrogens (tertiary/aromatic N) is 3. The summed E-state index contributed by atoms with van der Waals surface area (Å²) in [5, 5.41) is 15.6. The minimum absolute atomic E-state index is 0.114. The number of benzene rings is 2. The van der Waals surface area contributed by atoms with Gasteiger partial charge in [0.1, 0.15) is 0 Å². The van der Waals surface area contributed by atoms with Crippen molar-refractivity contribution in [3.63, 3.8) is 0 Å². The van der Waals surface area contributed by atoms with Gasteiger partial charge in [-0.2, -0.15) is 5.10 Å². The molecule has 7 nitrogen and oxygen atoms in total. The first-order valence-corrected chi connectivity index (χ1v) is 8.14. The predicted molar refractivity (Wildman–Crippen MR) is 93.8 cm³/mol. The Morgan fingerprint density at radius 2 is 1.50 bits per heavy atom. The average molecular weight is 349 g/mol. The lowest BCUT2D eigenvalue weighted by molar-refractivity contribution is 0.0513. The largest absolute Gasteiger partial charge is 0.389 e. The van der Waals surface area contributed by atoms with E-state index in [-0.39, 0.29) is 18.6 Å². The molecule has 1 aromatic heterocycles. The molecule has 3 aromatic rings. The van der Waals surface area contributed by atoms with Gasteiger partial charge in [0.15, 0.2) is 0 Å². The molecule has 0 saturated heterocycles. The molecule has 0 saturated carbocycles. The Balaban J connectivity index is 1.54. The highest BCUT2D eigenvalue weighted by Crippen LogP contribution is 2.22. The molecule has 0 spiro atoms. The lowest BCUT2D eigenvalue weighted by Gasteiger charge is -2.18. The van der Waals surface area contributed by atoms with Gasteiger partial charge in [0, 0.05) is 5.39 Å². The van der Waals surface area contributed by atoms with Crippen LogP contribution in [0.1, 0.15) is 20.7 Å². The number of imide groups is 1. The van der Waals surface area contributed by atoms with Crippen molar-refractivity contribution in [3.05, 3.63) is 76.2 Å². The fourth-order valence-electron chi connectivity index (χ4n) is 3.13. The number of aliphatic hydroxyl groups excluding tert-OH is 1. The number of hydrogen-bond donors (Lipinski definition) is 1. The van der Waals surface area contributed by atoms with E-state index < -0.39 is 17.9 Å². The van der Waals surface area contributed by atoms with Gasteiger partial charge in [0.05, 0.1) is 41.9 Å². The van der Waals surface area contributed by atoms with Crippen molar-refractivity contribution in [2.24, 2.45) is 0 Å². The molecule has 0 aliphatic carbocycles. The molecule has 26 heavy (non-hydrogen) atoms. The van der Waals surface area contributed by atoms with Gasteiger partial charge in [-0.3, -0.25) is 19.3 Å². The summed E-state index contributed by atoms with van der Waals surface area (Å²) in [4.78, 5) is 38.1. The first-order valence-electron chi connectivity index (χ1n) is 8.14. The molecule has 4 rings (SSSR count). The lowest BCUT2D eigenvalue weighted by Crippen LogP contribution is -2.40. The van der Waals surface area contributed by atoms with Crippen LogP contribution in [0.2, 0.25) is 0 Å². The van der Waals surface area contributed by atoms with Gasteiger partial charge < -0.3 is 5.11 Å². The van der Waals surface area contributed by atoms with Crippen molar-refractivity contribution in [2.75, 3.05) is 6.54 Å². The van der Waals surface area contributed by atoms with Crippen LogP contribution < -0.4 is 5.56 Å². The Labute approximate surface area is 148 Å². The van der Waals surface area contributed by atoms with Gasteiger partial charge >= 0.3 is 0 Å². The third-order valence-corrected chi connectivity index (χ3v) is 4.42. The zero-order valence-corrected chi connectivity index (χ0v) is 13.7. The molecule has 130 valence electrons. The smallest absolute Gasteiger partial charge is 0.274 e. The van der Waals surface area contributed by atoms with Crippen molar-refractivity contribution in [1.29, 1.82) is 0 Å². The highest BCUT2D eigenvalue weighted by molar-refractivity contribution is 6.21. The summed E-state index contributed by atoms with van der Waals surface area (Å²) in [6, 6.07) is 13.6. The predicted octanol–water partition coefficient (Wildman–Crippen LogP) is 1.05. The highest BCUT2D eigenvalue weighted by atomic mass is 16.3. The van der Waals surface area contributed by atoms with Crippen LogP contribution in [0, 0.1) is 0 Å². The van der Waals surface area contributed by atoms with Crippen LogP contribution in [-0.2, 0) is 6.54 Å². The molecule has 7 heteroatoms. The maximum atomic E-state index is 12.5. The third kappa shape index (κ3) is 2.58. The topological polar surface area (TPSA) is 92.5 Å². The first kappa shape index (κ1) is 16.2. The number of rotatable bonds is 4. The van der Waals surface area contributed by atoms with E-state index in [4.69, 9.17) is 0 Å². The Hall–Kier alpha value is -3.32. The van der Waals surface area contributed by atoms with E-state index in [1.54, 1.807) is 48.7 Å². The van der Waals surface area contributed by atoms with Crippen molar-refractivity contribution in [2.45, 2.75) is 12.6 Å². The second kappa shape index (κ2) is 6.20. The fraction of sp³-hybridized carbons (Fsp3) is 0.158. The molecule has 1 N–H and O–H groups in total. The van der Waals surface area contributed by atoms with E-state index in [1.807, 2.05) is 6.07 Å². The number of β-amino-alcohol motifs (C(OH)–C–C–N with tert-alkyl or cyclic N) is 1. The van der Waals surface area contributed by atoms with Crippen LogP contribution in [0.25, 0.3) is 10.8 Å². The van der Waals surface area contributed by atoms with Crippen molar-refractivity contribution < 1.29 is 14.7 Å². The van der Waals surface area contributed by atoms with Crippen LogP contribution in [0.5, 0.6) is 0 Å². The summed E-state index contributed by atoms with van der Waals surface area (Å²) < 4.78 is 1.14. The zero-order valence-electron chi connectivity index (χ0n) is 13.7. The SMILES string of the molecule is O=C1c2ccccc2C(=O)N1CC(O)Cn1ncc2ccccc2c1=O. The molecule has 2 heterocycles. The van der Waals surface area contributed by atoms with Gasteiger partial charge in [-0.25, -0.2) is 4.68 Å². The second-order valence-corrected chi connectivity index (χ2v) is 6.14. The Morgan fingerprint density at radius 1 is 0.885 bits per heavy atom. The standard InChI is InChI=1S/C19H15N3O4/c23-13(10-21-17(24)15-7-3-4-8-16(15)18(21)25)11-22-19(26)14-6-2-1-5-12(14)9-20-22/h1-9,13,23H,10-11H2. The van der Waals surface area contributed by atoms with Gasteiger partial charge in [-0.05, 0) is 18.2 Å². The van der Waals surface area contributed by atoms with Gasteiger partial charge in [0.25, 0.3) is 17.4 Å². The van der Waals surface area contributed by atoms with Crippen molar-refractivity contribution in [3.8, 4) is 0 Å². The lowest BCUT2D eigenvalue weighted by atomic mass is 10.1. The Bertz CT molecular complexity index is 1050. The normalized spacial score (nSPS) is 14.7. The number of hydrogen-bond acceptors (Lipinski definition) is 5. The summed E-state index contributed by atoms with van der Waals surface area (Å²) in [5.41, 5.74) is 0.320. The van der Waals surface area contributed by atoms with E-state index in [0.29, 0.717) is 21.9 Å². The number of amides is 2. The molecule has 2 aromatic carbocycles. The summed E-state index contributed by atoms with van der Waals surface area (Å²) in [7, 11) is 0. The first-order chi connectivity index (χ1) is 12.6. The number of carbonyl (C=O) groups excluding carboxylic acids is 2. The van der Waals surface area contributed by atoms with Crippen molar-refractivity contribution >= 4 is 22.6 Å². The molecule has 0 fully saturated rings. The molecule has 2 amide bonds. The highest BCUT2D eigenvalue weighted by Gasteiger charge is 2.36. The number of aliphatic hydroxyl groups is 1. The van der Waals surface area contributed by atoms with E-state index in [0.717, 1.165) is 9.58 Å². The number of carbonyl (C=O) groups is 2. The number of aromatic nitrogens is 2. The summed E-state index contributed by atoms with van der Waals surface area (Å²) >= 11 is 0. The third-order valence-electron chi connectivity index (χ3n) is 4.42. The molecule has 0 radical (unpaired) electrons. The van der Waals surface area contributed by atoms with E-state index in [2.05, 4.69) is 5.10 Å². The van der Waals surface area contributed by atoms with Gasteiger partial charge in [0.2, 0.25) is 0 Å². The Morgan fingerprint density at radius 3 is 2.19 bits per heavy atom. The minimum atomic E-state index is -1.11. The fourth-order valence-corrected chi connectivity index (χ4v) is 3.13. The molecule has 1 aliphatic rings. The molecule has 1 unspecified atom stereocenters. The van der Waals surface area contributed by atoms with Gasteiger partial charge in [-0.15, -0.1) is 0 Å². The maximum absolute atomic E-state index is 12.5. The molecule has 0 bridgehead atoms. The van der Waals surface area contributed by atoms with Crippen LogP contribution in [0.4, 0.5) is 0 Å². The summed E-state index contributed by atoms with van der Waals surface area (Å²) in [5.74, 6) is -0.882. The van der Waals surface area contributed by atoms with E-state index in [1.165, 1.54) is 0 Å². The molecule has 1 aliphatic heterocycles.